The van der Waals surface area contributed by atoms with Gasteiger partial charge in [-0.15, -0.1) is 0 Å². The molecule has 0 aliphatic carbocycles. The number of nitrogens with zero attached hydrogens (tertiary/aromatic N) is 2. The van der Waals surface area contributed by atoms with E-state index in [1.807, 2.05) is 0 Å². The van der Waals surface area contributed by atoms with E-state index >= 15 is 0 Å². The van der Waals surface area contributed by atoms with Crippen molar-refractivity contribution in [2.75, 3.05) is 38.7 Å². The average molecular weight is 294 g/mol. The standard InChI is InChI=1S/C14H22N4O3/c1-20-14(19)12-9-16-10-13(18-12)17-5-2-8-21-11-3-6-15-7-4-11/h9-11,15H,2-8H2,1H3,(H,17,18). The molecule has 0 amide bonds. The molecule has 2 rings (SSSR count). The van der Waals surface area contributed by atoms with Crippen LogP contribution >= 0.6 is 0 Å². The summed E-state index contributed by atoms with van der Waals surface area (Å²) in [5.41, 5.74) is 0.202. The number of hydrogen-bond acceptors (Lipinski definition) is 7. The number of aromatic nitrogens is 2. The Labute approximate surface area is 124 Å². The lowest BCUT2D eigenvalue weighted by molar-refractivity contribution is 0.0329. The SMILES string of the molecule is COC(=O)c1cncc(NCCCOC2CCNCC2)n1. The maximum atomic E-state index is 11.3. The zero-order valence-corrected chi connectivity index (χ0v) is 12.3. The lowest BCUT2D eigenvalue weighted by Gasteiger charge is -2.22. The van der Waals surface area contributed by atoms with Crippen molar-refractivity contribution in [3.63, 3.8) is 0 Å². The molecule has 1 aromatic rings. The van der Waals surface area contributed by atoms with E-state index in [0.717, 1.165) is 45.5 Å². The number of carbonyl (C=O) groups excluding carboxylic acids is 1. The second-order valence-corrected chi connectivity index (χ2v) is 4.88. The largest absolute Gasteiger partial charge is 0.464 e. The van der Waals surface area contributed by atoms with Gasteiger partial charge in [0.2, 0.25) is 0 Å². The van der Waals surface area contributed by atoms with Crippen molar-refractivity contribution >= 4 is 11.8 Å². The van der Waals surface area contributed by atoms with Gasteiger partial charge in [0.1, 0.15) is 5.82 Å². The Balaban J connectivity index is 1.65. The van der Waals surface area contributed by atoms with Crippen LogP contribution in [0.5, 0.6) is 0 Å². The minimum absolute atomic E-state index is 0.202. The zero-order valence-electron chi connectivity index (χ0n) is 12.3. The predicted octanol–water partition coefficient (Wildman–Crippen LogP) is 0.834. The first-order valence-electron chi connectivity index (χ1n) is 7.26. The third kappa shape index (κ3) is 5.28. The molecule has 1 fully saturated rings. The highest BCUT2D eigenvalue weighted by Crippen LogP contribution is 2.08. The summed E-state index contributed by atoms with van der Waals surface area (Å²) in [6.45, 7) is 3.53. The van der Waals surface area contributed by atoms with Crippen molar-refractivity contribution in [1.29, 1.82) is 0 Å². The molecule has 1 aromatic heterocycles. The zero-order chi connectivity index (χ0) is 14.9. The molecule has 1 saturated heterocycles. The predicted molar refractivity (Wildman–Crippen MR) is 78.3 cm³/mol. The summed E-state index contributed by atoms with van der Waals surface area (Å²) in [4.78, 5) is 19.4. The second-order valence-electron chi connectivity index (χ2n) is 4.88. The summed E-state index contributed by atoms with van der Waals surface area (Å²) in [5.74, 6) is 0.0835. The Hall–Kier alpha value is -1.73. The van der Waals surface area contributed by atoms with Gasteiger partial charge >= 0.3 is 5.97 Å². The highest BCUT2D eigenvalue weighted by molar-refractivity contribution is 5.87. The van der Waals surface area contributed by atoms with Crippen LogP contribution in [0.4, 0.5) is 5.82 Å². The Morgan fingerprint density at radius 2 is 2.24 bits per heavy atom. The molecular weight excluding hydrogens is 272 g/mol. The summed E-state index contributed by atoms with van der Waals surface area (Å²) in [6.07, 6.45) is 6.40. The van der Waals surface area contributed by atoms with Gasteiger partial charge in [0.15, 0.2) is 5.69 Å². The van der Waals surface area contributed by atoms with Gasteiger partial charge in [-0.3, -0.25) is 4.98 Å². The van der Waals surface area contributed by atoms with E-state index in [9.17, 15) is 4.79 Å². The Morgan fingerprint density at radius 3 is 3.00 bits per heavy atom. The van der Waals surface area contributed by atoms with Gasteiger partial charge in [-0.2, -0.15) is 0 Å². The smallest absolute Gasteiger partial charge is 0.358 e. The normalized spacial score (nSPS) is 15.7. The van der Waals surface area contributed by atoms with Crippen molar-refractivity contribution in [2.24, 2.45) is 0 Å². The Morgan fingerprint density at radius 1 is 1.43 bits per heavy atom. The van der Waals surface area contributed by atoms with Crippen LogP contribution in [0.1, 0.15) is 29.8 Å². The topological polar surface area (TPSA) is 85.4 Å². The van der Waals surface area contributed by atoms with Crippen molar-refractivity contribution in [2.45, 2.75) is 25.4 Å². The molecule has 1 aliphatic rings. The molecular formula is C14H22N4O3. The quantitative estimate of drug-likeness (QED) is 0.569. The fraction of sp³-hybridized carbons (Fsp3) is 0.643. The van der Waals surface area contributed by atoms with Crippen LogP contribution in [0.3, 0.4) is 0 Å². The number of hydrogen-bond donors (Lipinski definition) is 2. The van der Waals surface area contributed by atoms with Gasteiger partial charge in [0.05, 0.1) is 25.6 Å². The van der Waals surface area contributed by atoms with E-state index in [4.69, 9.17) is 4.74 Å². The van der Waals surface area contributed by atoms with Gasteiger partial charge in [-0.25, -0.2) is 9.78 Å². The molecule has 0 spiro atoms. The van der Waals surface area contributed by atoms with Crippen LogP contribution in [0.15, 0.2) is 12.4 Å². The molecule has 7 nitrogen and oxygen atoms in total. The van der Waals surface area contributed by atoms with Crippen LogP contribution in [-0.4, -0.2) is 55.4 Å². The van der Waals surface area contributed by atoms with Crippen LogP contribution < -0.4 is 10.6 Å². The van der Waals surface area contributed by atoms with Crippen LogP contribution in [-0.2, 0) is 9.47 Å². The van der Waals surface area contributed by atoms with Gasteiger partial charge in [-0.05, 0) is 32.4 Å². The third-order valence-electron chi connectivity index (χ3n) is 3.30. The highest BCUT2D eigenvalue weighted by Gasteiger charge is 2.12. The number of piperidine rings is 1. The van der Waals surface area contributed by atoms with E-state index in [0.29, 0.717) is 11.9 Å². The van der Waals surface area contributed by atoms with Crippen LogP contribution in [0, 0.1) is 0 Å². The van der Waals surface area contributed by atoms with Crippen molar-refractivity contribution in [3.05, 3.63) is 18.1 Å². The van der Waals surface area contributed by atoms with Crippen molar-refractivity contribution in [1.82, 2.24) is 15.3 Å². The number of methoxy groups -OCH3 is 1. The Bertz CT molecular complexity index is 450. The molecule has 0 atom stereocenters. The Kier molecular flexibility index (Phi) is 6.36. The van der Waals surface area contributed by atoms with Crippen molar-refractivity contribution in [3.8, 4) is 0 Å². The molecule has 0 radical (unpaired) electrons. The van der Waals surface area contributed by atoms with Gasteiger partial charge in [0, 0.05) is 13.2 Å². The molecule has 0 saturated carbocycles. The lowest BCUT2D eigenvalue weighted by Crippen LogP contribution is -2.32. The van der Waals surface area contributed by atoms with E-state index in [-0.39, 0.29) is 5.69 Å². The van der Waals surface area contributed by atoms with Gasteiger partial charge < -0.3 is 20.1 Å². The maximum absolute atomic E-state index is 11.3. The first-order chi connectivity index (χ1) is 10.3. The number of ether oxygens (including phenoxy) is 2. The molecule has 1 aliphatic heterocycles. The first kappa shape index (κ1) is 15.7. The summed E-state index contributed by atoms with van der Waals surface area (Å²) < 4.78 is 10.4. The molecule has 116 valence electrons. The summed E-state index contributed by atoms with van der Waals surface area (Å²) in [6, 6.07) is 0. The van der Waals surface area contributed by atoms with Crippen LogP contribution in [0.25, 0.3) is 0 Å². The fourth-order valence-electron chi connectivity index (χ4n) is 2.15. The molecule has 21 heavy (non-hydrogen) atoms. The fourth-order valence-corrected chi connectivity index (χ4v) is 2.15. The molecule has 2 N–H and O–H groups in total. The summed E-state index contributed by atoms with van der Waals surface area (Å²) in [7, 11) is 1.32. The number of esters is 1. The van der Waals surface area contributed by atoms with E-state index in [2.05, 4.69) is 25.3 Å². The van der Waals surface area contributed by atoms with E-state index in [1.54, 1.807) is 6.20 Å². The van der Waals surface area contributed by atoms with Gasteiger partial charge in [-0.1, -0.05) is 0 Å². The number of rotatable bonds is 7. The van der Waals surface area contributed by atoms with E-state index < -0.39 is 5.97 Å². The third-order valence-corrected chi connectivity index (χ3v) is 3.30. The summed E-state index contributed by atoms with van der Waals surface area (Å²) >= 11 is 0. The minimum atomic E-state index is -0.486. The minimum Gasteiger partial charge on any atom is -0.464 e. The molecule has 0 unspecified atom stereocenters. The number of carbonyl (C=O) groups is 1. The molecule has 7 heteroatoms. The average Bonchev–Trinajstić information content (AvgIpc) is 2.55. The summed E-state index contributed by atoms with van der Waals surface area (Å²) in [5, 5.41) is 6.44. The highest BCUT2D eigenvalue weighted by atomic mass is 16.5. The number of anilines is 1. The molecule has 0 bridgehead atoms. The van der Waals surface area contributed by atoms with Crippen LogP contribution in [0.2, 0.25) is 0 Å². The maximum Gasteiger partial charge on any atom is 0.358 e. The number of nitrogens with one attached hydrogen (secondary N) is 2. The molecule has 0 aromatic carbocycles. The lowest BCUT2D eigenvalue weighted by atomic mass is 10.1. The molecule has 2 heterocycles. The van der Waals surface area contributed by atoms with Gasteiger partial charge in [0.25, 0.3) is 0 Å². The van der Waals surface area contributed by atoms with E-state index in [1.165, 1.54) is 13.3 Å². The van der Waals surface area contributed by atoms with Crippen molar-refractivity contribution < 1.29 is 14.3 Å². The second kappa shape index (κ2) is 8.53. The first-order valence-corrected chi connectivity index (χ1v) is 7.26. The monoisotopic (exact) mass is 294 g/mol.